The van der Waals surface area contributed by atoms with E-state index in [4.69, 9.17) is 0 Å². The maximum Gasteiger partial charge on any atom is 0.310 e. The van der Waals surface area contributed by atoms with E-state index >= 15 is 0 Å². The van der Waals surface area contributed by atoms with Crippen molar-refractivity contribution in [2.24, 2.45) is 0 Å². The Balaban J connectivity index is 3.28. The number of carbonyl (C=O) groups excluding carboxylic acids is 1. The number of esters is 1. The third-order valence-corrected chi connectivity index (χ3v) is 3.02. The van der Waals surface area contributed by atoms with Gasteiger partial charge in [-0.3, -0.25) is 14.9 Å². The zero-order valence-electron chi connectivity index (χ0n) is 9.73. The first-order valence-corrected chi connectivity index (χ1v) is 6.21. The molecule has 1 heterocycles. The number of hydrogen-bond donors (Lipinski definition) is 0. The fraction of sp³-hybridized carbons (Fsp3) is 0.400. The molecule has 0 amide bonds. The Hall–Kier alpha value is -1.39. The number of hydrogen-bond acceptors (Lipinski definition) is 5. The van der Waals surface area contributed by atoms with Crippen molar-refractivity contribution >= 4 is 34.2 Å². The second-order valence-electron chi connectivity index (χ2n) is 3.38. The van der Waals surface area contributed by atoms with Gasteiger partial charge in [-0.2, -0.15) is 0 Å². The van der Waals surface area contributed by atoms with E-state index in [1.165, 1.54) is 22.6 Å². The van der Waals surface area contributed by atoms with E-state index < -0.39 is 35.0 Å². The van der Waals surface area contributed by atoms with Crippen molar-refractivity contribution in [1.29, 1.82) is 0 Å². The Morgan fingerprint density at radius 3 is 2.74 bits per heavy atom. The van der Waals surface area contributed by atoms with Crippen molar-refractivity contribution in [2.45, 2.75) is 19.8 Å². The van der Waals surface area contributed by atoms with Gasteiger partial charge in [0.2, 0.25) is 0 Å². The van der Waals surface area contributed by atoms with Crippen LogP contribution in [0.4, 0.5) is 14.5 Å². The summed E-state index contributed by atoms with van der Waals surface area (Å²) in [7, 11) is 0. The number of halogens is 3. The number of rotatable bonds is 5. The van der Waals surface area contributed by atoms with Gasteiger partial charge in [0.1, 0.15) is 9.26 Å². The minimum absolute atomic E-state index is 0.103. The molecule has 0 spiro atoms. The van der Waals surface area contributed by atoms with Crippen LogP contribution in [0.5, 0.6) is 0 Å². The molecule has 1 aromatic rings. The molecular formula is C10H9F2IN2O4. The molecule has 0 bridgehead atoms. The molecule has 19 heavy (non-hydrogen) atoms. The van der Waals surface area contributed by atoms with Gasteiger partial charge < -0.3 is 4.74 Å². The number of pyridine rings is 1. The van der Waals surface area contributed by atoms with Gasteiger partial charge >= 0.3 is 5.97 Å². The van der Waals surface area contributed by atoms with Gasteiger partial charge in [0.15, 0.2) is 0 Å². The molecule has 0 N–H and O–H groups in total. The molecule has 104 valence electrons. The Kier molecular flexibility index (Phi) is 5.51. The summed E-state index contributed by atoms with van der Waals surface area (Å²) < 4.78 is 30.2. The minimum Gasteiger partial charge on any atom is -0.466 e. The normalized spacial score (nSPS) is 10.6. The molecular weight excluding hydrogens is 377 g/mol. The van der Waals surface area contributed by atoms with Crippen LogP contribution < -0.4 is 0 Å². The molecule has 0 aromatic carbocycles. The Bertz CT molecular complexity index is 511. The highest BCUT2D eigenvalue weighted by molar-refractivity contribution is 14.1. The lowest BCUT2D eigenvalue weighted by molar-refractivity contribution is -0.387. The van der Waals surface area contributed by atoms with Gasteiger partial charge in [-0.15, -0.1) is 0 Å². The first-order valence-electron chi connectivity index (χ1n) is 5.13. The van der Waals surface area contributed by atoms with E-state index in [-0.39, 0.29) is 15.9 Å². The molecule has 0 atom stereocenters. The van der Waals surface area contributed by atoms with Crippen LogP contribution in [0.2, 0.25) is 0 Å². The molecule has 0 saturated heterocycles. The largest absolute Gasteiger partial charge is 0.466 e. The molecule has 1 rings (SSSR count). The molecule has 1 aromatic heterocycles. The molecule has 6 nitrogen and oxygen atoms in total. The molecule has 0 unspecified atom stereocenters. The predicted molar refractivity (Wildman–Crippen MR) is 68.9 cm³/mol. The molecule has 0 fully saturated rings. The lowest BCUT2D eigenvalue weighted by Crippen LogP contribution is -2.12. The Morgan fingerprint density at radius 2 is 2.26 bits per heavy atom. The summed E-state index contributed by atoms with van der Waals surface area (Å²) in [5.74, 6) is -0.728. The van der Waals surface area contributed by atoms with Crippen molar-refractivity contribution in [3.63, 3.8) is 0 Å². The summed E-state index contributed by atoms with van der Waals surface area (Å²) in [6, 6.07) is 0. The van der Waals surface area contributed by atoms with Crippen molar-refractivity contribution in [2.75, 3.05) is 6.61 Å². The van der Waals surface area contributed by atoms with Gasteiger partial charge in [-0.25, -0.2) is 13.8 Å². The highest BCUT2D eigenvalue weighted by atomic mass is 127. The zero-order valence-corrected chi connectivity index (χ0v) is 11.9. The van der Waals surface area contributed by atoms with Crippen molar-refractivity contribution in [3.05, 3.63) is 31.1 Å². The van der Waals surface area contributed by atoms with E-state index in [9.17, 15) is 23.7 Å². The fourth-order valence-corrected chi connectivity index (χ4v) is 2.07. The third-order valence-electron chi connectivity index (χ3n) is 2.16. The summed E-state index contributed by atoms with van der Waals surface area (Å²) in [6.07, 6.45) is -2.46. The first kappa shape index (κ1) is 15.7. The summed E-state index contributed by atoms with van der Waals surface area (Å²) in [5.41, 5.74) is -1.73. The molecule has 0 saturated carbocycles. The number of nitro groups is 1. The second-order valence-corrected chi connectivity index (χ2v) is 4.40. The minimum atomic E-state index is -3.04. The van der Waals surface area contributed by atoms with Gasteiger partial charge in [-0.1, -0.05) is 0 Å². The summed E-state index contributed by atoms with van der Waals surface area (Å²) in [6.45, 7) is 1.68. The first-order chi connectivity index (χ1) is 8.88. The quantitative estimate of drug-likeness (QED) is 0.256. The van der Waals surface area contributed by atoms with Crippen LogP contribution in [-0.2, 0) is 16.0 Å². The van der Waals surface area contributed by atoms with Crippen LogP contribution in [0, 0.1) is 13.8 Å². The van der Waals surface area contributed by atoms with Crippen molar-refractivity contribution < 1.29 is 23.2 Å². The van der Waals surface area contributed by atoms with E-state index in [0.717, 1.165) is 6.20 Å². The maximum absolute atomic E-state index is 12.8. The monoisotopic (exact) mass is 386 g/mol. The van der Waals surface area contributed by atoms with Crippen LogP contribution in [0.1, 0.15) is 24.5 Å². The van der Waals surface area contributed by atoms with Crippen LogP contribution in [0.15, 0.2) is 6.20 Å². The van der Waals surface area contributed by atoms with Crippen molar-refractivity contribution in [1.82, 2.24) is 4.98 Å². The SMILES string of the molecule is CCOC(=O)Cc1cnc(I)c(C(F)F)c1[N+](=O)[O-]. The zero-order chi connectivity index (χ0) is 14.6. The van der Waals surface area contributed by atoms with Crippen LogP contribution in [0.25, 0.3) is 0 Å². The molecule has 9 heteroatoms. The number of aromatic nitrogens is 1. The summed E-state index contributed by atoms with van der Waals surface area (Å²) in [4.78, 5) is 24.9. The standard InChI is InChI=1S/C10H9F2IN2O4/c1-2-19-6(16)3-5-4-14-10(13)7(9(11)12)8(5)15(17)18/h4,9H,2-3H2,1H3. The predicted octanol–water partition coefficient (Wildman–Crippen LogP) is 2.64. The van der Waals surface area contributed by atoms with E-state index in [2.05, 4.69) is 9.72 Å². The van der Waals surface area contributed by atoms with E-state index in [1.807, 2.05) is 0 Å². The highest BCUT2D eigenvalue weighted by Crippen LogP contribution is 2.34. The Labute approximate surface area is 120 Å². The average molecular weight is 386 g/mol. The average Bonchev–Trinajstić information content (AvgIpc) is 2.30. The number of alkyl halides is 2. The lowest BCUT2D eigenvalue weighted by atomic mass is 10.1. The fourth-order valence-electron chi connectivity index (χ4n) is 1.44. The molecule has 0 radical (unpaired) electrons. The third kappa shape index (κ3) is 3.78. The topological polar surface area (TPSA) is 82.3 Å². The van der Waals surface area contributed by atoms with Crippen LogP contribution in [-0.4, -0.2) is 22.5 Å². The molecule has 0 aliphatic heterocycles. The highest BCUT2D eigenvalue weighted by Gasteiger charge is 2.30. The molecule has 0 aliphatic rings. The van der Waals surface area contributed by atoms with E-state index in [1.54, 1.807) is 6.92 Å². The Morgan fingerprint density at radius 1 is 1.63 bits per heavy atom. The lowest BCUT2D eigenvalue weighted by Gasteiger charge is -2.08. The van der Waals surface area contributed by atoms with Gasteiger partial charge in [0.25, 0.3) is 12.1 Å². The summed E-state index contributed by atoms with van der Waals surface area (Å²) in [5, 5.41) is 10.9. The van der Waals surface area contributed by atoms with Crippen LogP contribution in [0.3, 0.4) is 0 Å². The number of ether oxygens (including phenoxy) is 1. The maximum atomic E-state index is 12.8. The number of nitrogens with zero attached hydrogens (tertiary/aromatic N) is 2. The molecule has 0 aliphatic carbocycles. The van der Waals surface area contributed by atoms with E-state index in [0.29, 0.717) is 0 Å². The van der Waals surface area contributed by atoms with Crippen LogP contribution >= 0.6 is 22.6 Å². The smallest absolute Gasteiger partial charge is 0.310 e. The van der Waals surface area contributed by atoms with Gasteiger partial charge in [0, 0.05) is 6.20 Å². The second kappa shape index (κ2) is 6.68. The van der Waals surface area contributed by atoms with Gasteiger partial charge in [-0.05, 0) is 29.5 Å². The summed E-state index contributed by atoms with van der Waals surface area (Å²) >= 11 is 1.49. The number of carbonyl (C=O) groups is 1. The van der Waals surface area contributed by atoms with Crippen molar-refractivity contribution in [3.8, 4) is 0 Å². The van der Waals surface area contributed by atoms with Gasteiger partial charge in [0.05, 0.1) is 23.5 Å².